The smallest absolute Gasteiger partial charge is 0.274 e. The standard InChI is InChI=1S/C19H18ClN3O2/c1-25-15-5-2-4-13(10-15)17-6-3-9-23(17)19(24)16-12-22-11-14(20)7-8-18(22)21-16/h2,4-5,7-8,10-12,17H,3,6,9H2,1H3. The molecule has 0 aliphatic carbocycles. The van der Waals surface area contributed by atoms with Crippen LogP contribution in [0.4, 0.5) is 0 Å². The summed E-state index contributed by atoms with van der Waals surface area (Å²) in [6.45, 7) is 0.731. The number of imidazole rings is 1. The number of likely N-dealkylation sites (tertiary alicyclic amines) is 1. The number of methoxy groups -OCH3 is 1. The summed E-state index contributed by atoms with van der Waals surface area (Å²) >= 11 is 6.01. The Bertz CT molecular complexity index is 937. The SMILES string of the molecule is COc1cccc(C2CCCN2C(=O)c2cn3cc(Cl)ccc3n2)c1. The molecule has 3 aromatic rings. The molecule has 6 heteroatoms. The van der Waals surface area contributed by atoms with Gasteiger partial charge in [0, 0.05) is 18.9 Å². The number of carbonyl (C=O) groups excluding carboxylic acids is 1. The number of nitrogens with zero attached hydrogens (tertiary/aromatic N) is 3. The summed E-state index contributed by atoms with van der Waals surface area (Å²) in [4.78, 5) is 19.4. The summed E-state index contributed by atoms with van der Waals surface area (Å²) in [5.74, 6) is 0.754. The van der Waals surface area contributed by atoms with Gasteiger partial charge in [0.1, 0.15) is 17.1 Å². The Morgan fingerprint density at radius 2 is 2.16 bits per heavy atom. The van der Waals surface area contributed by atoms with Crippen LogP contribution in [0.25, 0.3) is 5.65 Å². The lowest BCUT2D eigenvalue weighted by Gasteiger charge is -2.24. The third-order valence-electron chi connectivity index (χ3n) is 4.63. The number of fused-ring (bicyclic) bond motifs is 1. The van der Waals surface area contributed by atoms with Crippen LogP contribution in [0.15, 0.2) is 48.8 Å². The monoisotopic (exact) mass is 355 g/mol. The molecule has 128 valence electrons. The lowest BCUT2D eigenvalue weighted by atomic mass is 10.0. The molecule has 0 spiro atoms. The van der Waals surface area contributed by atoms with Crippen LogP contribution in [-0.2, 0) is 0 Å². The zero-order valence-electron chi connectivity index (χ0n) is 13.9. The normalized spacial score (nSPS) is 17.2. The van der Waals surface area contributed by atoms with Crippen LogP contribution in [0.2, 0.25) is 5.02 Å². The Morgan fingerprint density at radius 3 is 3.00 bits per heavy atom. The summed E-state index contributed by atoms with van der Waals surface area (Å²) in [7, 11) is 1.65. The van der Waals surface area contributed by atoms with E-state index in [0.29, 0.717) is 16.4 Å². The molecule has 25 heavy (non-hydrogen) atoms. The van der Waals surface area contributed by atoms with E-state index in [1.54, 1.807) is 30.0 Å². The van der Waals surface area contributed by atoms with E-state index in [0.717, 1.165) is 30.7 Å². The zero-order chi connectivity index (χ0) is 17.4. The molecule has 1 saturated heterocycles. The number of hydrogen-bond acceptors (Lipinski definition) is 3. The summed E-state index contributed by atoms with van der Waals surface area (Å²) in [6.07, 6.45) is 5.42. The van der Waals surface area contributed by atoms with Gasteiger partial charge in [-0.25, -0.2) is 4.98 Å². The number of carbonyl (C=O) groups is 1. The summed E-state index contributed by atoms with van der Waals surface area (Å²) in [5, 5.41) is 0.610. The number of benzene rings is 1. The Hall–Kier alpha value is -2.53. The molecule has 5 nitrogen and oxygen atoms in total. The molecule has 0 saturated carbocycles. The van der Waals surface area contributed by atoms with E-state index in [1.165, 1.54) is 0 Å². The number of ether oxygens (including phenoxy) is 1. The van der Waals surface area contributed by atoms with Crippen LogP contribution in [0, 0.1) is 0 Å². The first-order chi connectivity index (χ1) is 12.2. The van der Waals surface area contributed by atoms with Crippen molar-refractivity contribution in [2.24, 2.45) is 0 Å². The van der Waals surface area contributed by atoms with Gasteiger partial charge in [-0.2, -0.15) is 0 Å². The summed E-state index contributed by atoms with van der Waals surface area (Å²) in [6, 6.07) is 11.5. The molecule has 4 rings (SSSR count). The van der Waals surface area contributed by atoms with Crippen molar-refractivity contribution >= 4 is 23.2 Å². The average molecular weight is 356 g/mol. The number of aromatic nitrogens is 2. The van der Waals surface area contributed by atoms with Gasteiger partial charge in [-0.15, -0.1) is 0 Å². The molecule has 0 bridgehead atoms. The lowest BCUT2D eigenvalue weighted by Crippen LogP contribution is -2.30. The highest BCUT2D eigenvalue weighted by molar-refractivity contribution is 6.30. The fourth-order valence-corrected chi connectivity index (χ4v) is 3.59. The first kappa shape index (κ1) is 16.0. The molecule has 1 aliphatic rings. The maximum Gasteiger partial charge on any atom is 0.274 e. The van der Waals surface area contributed by atoms with Crippen LogP contribution < -0.4 is 4.74 Å². The van der Waals surface area contributed by atoms with Gasteiger partial charge in [-0.3, -0.25) is 4.79 Å². The second kappa shape index (κ2) is 6.41. The molecule has 1 atom stereocenters. The van der Waals surface area contributed by atoms with Gasteiger partial charge in [0.15, 0.2) is 0 Å². The second-order valence-electron chi connectivity index (χ2n) is 6.17. The Balaban J connectivity index is 1.65. The van der Waals surface area contributed by atoms with E-state index >= 15 is 0 Å². The molecule has 1 aliphatic heterocycles. The highest BCUT2D eigenvalue weighted by Gasteiger charge is 2.32. The van der Waals surface area contributed by atoms with Crippen molar-refractivity contribution in [3.8, 4) is 5.75 Å². The van der Waals surface area contributed by atoms with Crippen LogP contribution >= 0.6 is 11.6 Å². The lowest BCUT2D eigenvalue weighted by molar-refractivity contribution is 0.0730. The fraction of sp³-hybridized carbons (Fsp3) is 0.263. The van der Waals surface area contributed by atoms with Crippen molar-refractivity contribution in [2.75, 3.05) is 13.7 Å². The zero-order valence-corrected chi connectivity index (χ0v) is 14.6. The maximum atomic E-state index is 13.0. The molecular weight excluding hydrogens is 338 g/mol. The second-order valence-corrected chi connectivity index (χ2v) is 6.61. The first-order valence-electron chi connectivity index (χ1n) is 8.25. The van der Waals surface area contributed by atoms with Crippen molar-refractivity contribution < 1.29 is 9.53 Å². The number of amides is 1. The van der Waals surface area contributed by atoms with Crippen molar-refractivity contribution in [1.82, 2.24) is 14.3 Å². The van der Waals surface area contributed by atoms with Crippen molar-refractivity contribution in [3.63, 3.8) is 0 Å². The Kier molecular flexibility index (Phi) is 4.09. The summed E-state index contributed by atoms with van der Waals surface area (Å²) < 4.78 is 7.10. The average Bonchev–Trinajstić information content (AvgIpc) is 3.27. The van der Waals surface area contributed by atoms with Crippen LogP contribution in [0.1, 0.15) is 34.9 Å². The highest BCUT2D eigenvalue weighted by atomic mass is 35.5. The van der Waals surface area contributed by atoms with Gasteiger partial charge in [-0.1, -0.05) is 23.7 Å². The minimum absolute atomic E-state index is 0.0508. The minimum Gasteiger partial charge on any atom is -0.497 e. The fourth-order valence-electron chi connectivity index (χ4n) is 3.42. The summed E-state index contributed by atoms with van der Waals surface area (Å²) in [5.41, 5.74) is 2.25. The van der Waals surface area contributed by atoms with Gasteiger partial charge in [0.25, 0.3) is 5.91 Å². The van der Waals surface area contributed by atoms with E-state index in [-0.39, 0.29) is 11.9 Å². The van der Waals surface area contributed by atoms with E-state index < -0.39 is 0 Å². The van der Waals surface area contributed by atoms with E-state index in [4.69, 9.17) is 16.3 Å². The van der Waals surface area contributed by atoms with Crippen molar-refractivity contribution in [1.29, 1.82) is 0 Å². The third-order valence-corrected chi connectivity index (χ3v) is 4.85. The van der Waals surface area contributed by atoms with E-state index in [9.17, 15) is 4.79 Å². The predicted octanol–water partition coefficient (Wildman–Crippen LogP) is 3.97. The molecular formula is C19H18ClN3O2. The molecule has 1 unspecified atom stereocenters. The van der Waals surface area contributed by atoms with E-state index in [1.807, 2.05) is 35.2 Å². The number of halogens is 1. The third kappa shape index (κ3) is 2.96. The predicted molar refractivity (Wildman–Crippen MR) is 96.2 cm³/mol. The van der Waals surface area contributed by atoms with Crippen molar-refractivity contribution in [2.45, 2.75) is 18.9 Å². The largest absolute Gasteiger partial charge is 0.497 e. The Morgan fingerprint density at radius 1 is 1.28 bits per heavy atom. The van der Waals surface area contributed by atoms with E-state index in [2.05, 4.69) is 4.98 Å². The van der Waals surface area contributed by atoms with Crippen molar-refractivity contribution in [3.05, 3.63) is 65.1 Å². The van der Waals surface area contributed by atoms with Crippen LogP contribution in [0.5, 0.6) is 5.75 Å². The van der Waals surface area contributed by atoms with Gasteiger partial charge < -0.3 is 14.0 Å². The molecule has 1 aromatic carbocycles. The van der Waals surface area contributed by atoms with Gasteiger partial charge >= 0.3 is 0 Å². The number of rotatable bonds is 3. The van der Waals surface area contributed by atoms with Crippen LogP contribution in [0.3, 0.4) is 0 Å². The molecule has 3 heterocycles. The van der Waals surface area contributed by atoms with Crippen LogP contribution in [-0.4, -0.2) is 33.8 Å². The molecule has 0 N–H and O–H groups in total. The molecule has 2 aromatic heterocycles. The number of pyridine rings is 1. The quantitative estimate of drug-likeness (QED) is 0.714. The van der Waals surface area contributed by atoms with Gasteiger partial charge in [-0.05, 0) is 42.7 Å². The van der Waals surface area contributed by atoms with Gasteiger partial charge in [0.2, 0.25) is 0 Å². The highest BCUT2D eigenvalue weighted by Crippen LogP contribution is 2.34. The molecule has 1 fully saturated rings. The molecule has 1 amide bonds. The van der Waals surface area contributed by atoms with Gasteiger partial charge in [0.05, 0.1) is 18.2 Å². The Labute approximate surface area is 150 Å². The first-order valence-corrected chi connectivity index (χ1v) is 8.63. The number of hydrogen-bond donors (Lipinski definition) is 0. The topological polar surface area (TPSA) is 46.8 Å². The minimum atomic E-state index is -0.0508. The maximum absolute atomic E-state index is 13.0. The molecule has 0 radical (unpaired) electrons.